The highest BCUT2D eigenvalue weighted by molar-refractivity contribution is 5.77. The van der Waals surface area contributed by atoms with E-state index in [1.165, 1.54) is 28.8 Å². The van der Waals surface area contributed by atoms with E-state index in [0.717, 1.165) is 12.0 Å². The predicted octanol–water partition coefficient (Wildman–Crippen LogP) is 3.04. The molecule has 1 fully saturated rings. The van der Waals surface area contributed by atoms with Gasteiger partial charge in [0.05, 0.1) is 13.1 Å². The van der Waals surface area contributed by atoms with Crippen LogP contribution in [0, 0.1) is 11.8 Å². The van der Waals surface area contributed by atoms with E-state index in [1.54, 1.807) is 29.6 Å². The minimum absolute atomic E-state index is 0.0498. The number of ether oxygens (including phenoxy) is 1. The number of amides is 2. The van der Waals surface area contributed by atoms with Crippen LogP contribution in [0.2, 0.25) is 0 Å². The summed E-state index contributed by atoms with van der Waals surface area (Å²) in [6.45, 7) is 1.72. The topological polar surface area (TPSA) is 95.3 Å². The SMILES string of the molecule is O=C(CCc1ccc(OC(F)(F)F)cc1)N1C=C[C@H]2CN(C(=O)[n+]3ccc4n[nH]nc4c3)C[C@H]2CC1. The lowest BCUT2D eigenvalue weighted by atomic mass is 9.94. The molecule has 1 saturated heterocycles. The van der Waals surface area contributed by atoms with Crippen molar-refractivity contribution in [3.63, 3.8) is 0 Å². The molecule has 0 radical (unpaired) electrons. The number of alkyl halides is 3. The molecule has 3 aromatic rings. The lowest BCUT2D eigenvalue weighted by Gasteiger charge is -2.18. The van der Waals surface area contributed by atoms with E-state index in [1.807, 2.05) is 11.0 Å². The highest BCUT2D eigenvalue weighted by Crippen LogP contribution is 2.30. The second-order valence-electron chi connectivity index (χ2n) is 8.97. The van der Waals surface area contributed by atoms with E-state index < -0.39 is 6.36 Å². The van der Waals surface area contributed by atoms with Gasteiger partial charge in [-0.3, -0.25) is 4.79 Å². The number of H-pyrrole nitrogens is 1. The first kappa shape index (κ1) is 23.8. The molecule has 2 aromatic heterocycles. The molecule has 0 bridgehead atoms. The number of benzene rings is 1. The molecule has 2 atom stereocenters. The van der Waals surface area contributed by atoms with Gasteiger partial charge in [-0.15, -0.1) is 13.2 Å². The number of nitrogens with one attached hydrogen (secondary N) is 1. The molecule has 0 saturated carbocycles. The summed E-state index contributed by atoms with van der Waals surface area (Å²) in [6.07, 6.45) is 3.82. The summed E-state index contributed by atoms with van der Waals surface area (Å²) in [6, 6.07) is 7.16. The van der Waals surface area contributed by atoms with Crippen molar-refractivity contribution >= 4 is 23.0 Å². The van der Waals surface area contributed by atoms with Gasteiger partial charge in [0, 0.05) is 37.1 Å². The number of aromatic nitrogens is 4. The highest BCUT2D eigenvalue weighted by atomic mass is 19.4. The number of carbonyl (C=O) groups excluding carboxylic acids is 2. The van der Waals surface area contributed by atoms with Gasteiger partial charge in [-0.1, -0.05) is 18.2 Å². The number of aromatic amines is 1. The molecule has 2 amide bonds. The van der Waals surface area contributed by atoms with Gasteiger partial charge in [0.25, 0.3) is 0 Å². The normalized spacial score (nSPS) is 19.9. The van der Waals surface area contributed by atoms with Crippen molar-refractivity contribution in [1.29, 1.82) is 0 Å². The quantitative estimate of drug-likeness (QED) is 0.555. The average Bonchev–Trinajstić information content (AvgIpc) is 3.44. The summed E-state index contributed by atoms with van der Waals surface area (Å²) in [5.41, 5.74) is 2.05. The van der Waals surface area contributed by atoms with E-state index >= 15 is 0 Å². The zero-order valence-corrected chi connectivity index (χ0v) is 19.2. The Bertz CT molecular complexity index is 1290. The summed E-state index contributed by atoms with van der Waals surface area (Å²) < 4.78 is 42.3. The summed E-state index contributed by atoms with van der Waals surface area (Å²) in [5, 5.41) is 10.6. The fourth-order valence-electron chi connectivity index (χ4n) is 4.70. The van der Waals surface area contributed by atoms with Crippen LogP contribution in [0.15, 0.2) is 55.0 Å². The predicted molar refractivity (Wildman–Crippen MR) is 120 cm³/mol. The fourth-order valence-corrected chi connectivity index (χ4v) is 4.70. The summed E-state index contributed by atoms with van der Waals surface area (Å²) in [7, 11) is 0. The summed E-state index contributed by atoms with van der Waals surface area (Å²) in [5.74, 6) is 0.0697. The highest BCUT2D eigenvalue weighted by Gasteiger charge is 2.41. The van der Waals surface area contributed by atoms with Crippen molar-refractivity contribution in [2.45, 2.75) is 25.6 Å². The number of rotatable bonds is 4. The van der Waals surface area contributed by atoms with Crippen molar-refractivity contribution in [2.24, 2.45) is 11.8 Å². The standard InChI is InChI=1S/C24H23F3N6O3/c25-24(26,27)36-19-4-1-16(2-5-19)3-6-22(34)31-10-7-17-13-33(14-18(17)8-11-31)23(35)32-12-9-20-21(15-32)29-30-28-20/h1-2,4-5,7,9-10,12,15,17-18H,3,6,8,11,13-14H2/p+1/t17-,18+/m0/s1. The summed E-state index contributed by atoms with van der Waals surface area (Å²) >= 11 is 0. The molecule has 1 aromatic carbocycles. The zero-order valence-electron chi connectivity index (χ0n) is 19.2. The molecular formula is C24H24F3N6O3+. The molecule has 2 aliphatic heterocycles. The van der Waals surface area contributed by atoms with Crippen LogP contribution in [0.25, 0.3) is 11.0 Å². The Morgan fingerprint density at radius 3 is 2.67 bits per heavy atom. The van der Waals surface area contributed by atoms with Crippen LogP contribution in [0.4, 0.5) is 18.0 Å². The number of hydrogen-bond acceptors (Lipinski definition) is 5. The molecule has 1 N–H and O–H groups in total. The third kappa shape index (κ3) is 5.31. The van der Waals surface area contributed by atoms with E-state index in [4.69, 9.17) is 0 Å². The first-order valence-electron chi connectivity index (χ1n) is 11.6. The van der Waals surface area contributed by atoms with Crippen LogP contribution < -0.4 is 9.30 Å². The van der Waals surface area contributed by atoms with Crippen LogP contribution in [0.1, 0.15) is 18.4 Å². The van der Waals surface area contributed by atoms with Crippen LogP contribution in [0.3, 0.4) is 0 Å². The molecule has 12 heteroatoms. The van der Waals surface area contributed by atoms with E-state index in [2.05, 4.69) is 20.1 Å². The lowest BCUT2D eigenvalue weighted by molar-refractivity contribution is -0.576. The van der Waals surface area contributed by atoms with Crippen LogP contribution >= 0.6 is 0 Å². The Labute approximate surface area is 204 Å². The molecule has 0 unspecified atom stereocenters. The van der Waals surface area contributed by atoms with Crippen molar-refractivity contribution < 1.29 is 32.1 Å². The number of likely N-dealkylation sites (tertiary alicyclic amines) is 1. The maximum atomic E-state index is 13.0. The number of hydrogen-bond donors (Lipinski definition) is 1. The minimum Gasteiger partial charge on any atom is -0.406 e. The van der Waals surface area contributed by atoms with Crippen LogP contribution in [-0.4, -0.2) is 63.1 Å². The van der Waals surface area contributed by atoms with Gasteiger partial charge in [-0.2, -0.15) is 24.8 Å². The molecule has 0 spiro atoms. The number of fused-ring (bicyclic) bond motifs is 2. The molecule has 2 aliphatic rings. The molecule has 4 heterocycles. The Morgan fingerprint density at radius 1 is 1.11 bits per heavy atom. The van der Waals surface area contributed by atoms with E-state index in [0.29, 0.717) is 37.1 Å². The first-order valence-corrected chi connectivity index (χ1v) is 11.6. The second-order valence-corrected chi connectivity index (χ2v) is 8.97. The van der Waals surface area contributed by atoms with Crippen molar-refractivity contribution in [3.8, 4) is 5.75 Å². The molecular weight excluding hydrogens is 477 g/mol. The average molecular weight is 501 g/mol. The number of halogens is 3. The Hall–Kier alpha value is -3.96. The second kappa shape index (κ2) is 9.59. The van der Waals surface area contributed by atoms with Crippen LogP contribution in [-0.2, 0) is 11.2 Å². The molecule has 188 valence electrons. The molecule has 36 heavy (non-hydrogen) atoms. The third-order valence-corrected chi connectivity index (χ3v) is 6.60. The monoisotopic (exact) mass is 501 g/mol. The zero-order chi connectivity index (χ0) is 25.3. The molecule has 9 nitrogen and oxygen atoms in total. The molecule has 5 rings (SSSR count). The maximum Gasteiger partial charge on any atom is 0.573 e. The van der Waals surface area contributed by atoms with Gasteiger partial charge in [0.1, 0.15) is 23.7 Å². The van der Waals surface area contributed by atoms with Gasteiger partial charge < -0.3 is 9.64 Å². The van der Waals surface area contributed by atoms with Crippen molar-refractivity contribution in [2.75, 3.05) is 19.6 Å². The first-order chi connectivity index (χ1) is 17.2. The van der Waals surface area contributed by atoms with Gasteiger partial charge in [-0.05, 0) is 30.5 Å². The minimum atomic E-state index is -4.73. The largest absolute Gasteiger partial charge is 0.573 e. The van der Waals surface area contributed by atoms with Gasteiger partial charge >= 0.3 is 12.4 Å². The van der Waals surface area contributed by atoms with Gasteiger partial charge in [0.15, 0.2) is 5.52 Å². The van der Waals surface area contributed by atoms with Gasteiger partial charge in [0.2, 0.25) is 5.91 Å². The van der Waals surface area contributed by atoms with Crippen molar-refractivity contribution in [1.82, 2.24) is 25.2 Å². The van der Waals surface area contributed by atoms with E-state index in [-0.39, 0.29) is 35.9 Å². The number of pyridine rings is 1. The lowest BCUT2D eigenvalue weighted by Crippen LogP contribution is -2.51. The van der Waals surface area contributed by atoms with Gasteiger partial charge in [-0.25, -0.2) is 4.90 Å². The van der Waals surface area contributed by atoms with Crippen molar-refractivity contribution in [3.05, 3.63) is 60.6 Å². The van der Waals surface area contributed by atoms with Crippen LogP contribution in [0.5, 0.6) is 5.75 Å². The Kier molecular flexibility index (Phi) is 6.33. The third-order valence-electron chi connectivity index (χ3n) is 6.60. The number of nitrogens with zero attached hydrogens (tertiary/aromatic N) is 5. The van der Waals surface area contributed by atoms with E-state index in [9.17, 15) is 22.8 Å². The summed E-state index contributed by atoms with van der Waals surface area (Å²) in [4.78, 5) is 29.3. The Morgan fingerprint density at radius 2 is 1.89 bits per heavy atom. The smallest absolute Gasteiger partial charge is 0.406 e. The number of aryl methyl sites for hydroxylation is 1. The molecule has 0 aliphatic carbocycles. The Balaban J connectivity index is 1.14. The fraction of sp³-hybridized carbons (Fsp3) is 0.375. The maximum absolute atomic E-state index is 13.0. The number of carbonyl (C=O) groups is 2.